The Morgan fingerprint density at radius 3 is 2.29 bits per heavy atom. The van der Waals surface area contributed by atoms with Crippen molar-refractivity contribution in [3.05, 3.63) is 95.8 Å². The number of alkyl carbamates (subject to hydrolysis) is 1. The van der Waals surface area contributed by atoms with Gasteiger partial charge >= 0.3 is 6.09 Å². The van der Waals surface area contributed by atoms with Gasteiger partial charge in [0.15, 0.2) is 0 Å². The highest BCUT2D eigenvalue weighted by atomic mass is 16.6. The molecular formula is C27H30N4O4. The Morgan fingerprint density at radius 2 is 1.60 bits per heavy atom. The molecule has 1 aromatic heterocycles. The number of benzene rings is 2. The number of rotatable bonds is 8. The highest BCUT2D eigenvalue weighted by Crippen LogP contribution is 2.13. The number of anilines is 1. The van der Waals surface area contributed by atoms with Gasteiger partial charge in [-0.3, -0.25) is 14.6 Å². The minimum Gasteiger partial charge on any atom is -0.444 e. The van der Waals surface area contributed by atoms with Gasteiger partial charge < -0.3 is 20.7 Å². The van der Waals surface area contributed by atoms with Crippen LogP contribution in [-0.4, -0.2) is 34.5 Å². The van der Waals surface area contributed by atoms with E-state index in [0.717, 1.165) is 11.1 Å². The normalized spacial score (nSPS) is 11.7. The van der Waals surface area contributed by atoms with Crippen LogP contribution in [0.4, 0.5) is 10.5 Å². The van der Waals surface area contributed by atoms with E-state index < -0.39 is 17.7 Å². The number of ether oxygens (including phenoxy) is 1. The van der Waals surface area contributed by atoms with Crippen molar-refractivity contribution in [3.8, 4) is 0 Å². The summed E-state index contributed by atoms with van der Waals surface area (Å²) in [6.07, 6.45) is 2.76. The fourth-order valence-electron chi connectivity index (χ4n) is 3.29. The second kappa shape index (κ2) is 11.8. The molecule has 0 radical (unpaired) electrons. The molecule has 2 aromatic carbocycles. The van der Waals surface area contributed by atoms with Crippen molar-refractivity contribution in [1.29, 1.82) is 0 Å². The predicted octanol–water partition coefficient (Wildman–Crippen LogP) is 4.09. The zero-order valence-electron chi connectivity index (χ0n) is 20.1. The van der Waals surface area contributed by atoms with Gasteiger partial charge in [0, 0.05) is 36.6 Å². The fraction of sp³-hybridized carbons (Fsp3) is 0.259. The standard InChI is InChI=1S/C27H30N4O4/c1-27(2,3)35-26(34)31-23(17-19-8-5-4-6-9-19)25(33)29-18-20-10-7-11-22(16-20)30-24(32)21-12-14-28-15-13-21/h4-16,23H,17-18H2,1-3H3,(H,29,33)(H,30,32)(H,31,34). The van der Waals surface area contributed by atoms with Crippen molar-refractivity contribution in [2.75, 3.05) is 5.32 Å². The van der Waals surface area contributed by atoms with E-state index in [4.69, 9.17) is 4.74 Å². The van der Waals surface area contributed by atoms with E-state index in [1.54, 1.807) is 63.5 Å². The van der Waals surface area contributed by atoms with Gasteiger partial charge in [-0.05, 0) is 56.2 Å². The number of hydrogen-bond donors (Lipinski definition) is 3. The molecule has 3 N–H and O–H groups in total. The molecule has 35 heavy (non-hydrogen) atoms. The molecule has 0 spiro atoms. The number of hydrogen-bond acceptors (Lipinski definition) is 5. The van der Waals surface area contributed by atoms with Crippen molar-refractivity contribution in [2.45, 2.75) is 45.4 Å². The van der Waals surface area contributed by atoms with Gasteiger partial charge in [0.25, 0.3) is 5.91 Å². The lowest BCUT2D eigenvalue weighted by Crippen LogP contribution is -2.49. The first-order valence-electron chi connectivity index (χ1n) is 11.3. The third-order valence-corrected chi connectivity index (χ3v) is 4.88. The molecular weight excluding hydrogens is 444 g/mol. The highest BCUT2D eigenvalue weighted by molar-refractivity contribution is 6.04. The van der Waals surface area contributed by atoms with E-state index in [2.05, 4.69) is 20.9 Å². The second-order valence-electron chi connectivity index (χ2n) is 9.00. The monoisotopic (exact) mass is 474 g/mol. The van der Waals surface area contributed by atoms with Crippen molar-refractivity contribution < 1.29 is 19.1 Å². The molecule has 0 saturated heterocycles. The first-order valence-corrected chi connectivity index (χ1v) is 11.3. The number of carbonyl (C=O) groups is 3. The quantitative estimate of drug-likeness (QED) is 0.456. The lowest BCUT2D eigenvalue weighted by atomic mass is 10.1. The summed E-state index contributed by atoms with van der Waals surface area (Å²) in [5.74, 6) is -0.594. The van der Waals surface area contributed by atoms with E-state index in [1.807, 2.05) is 36.4 Å². The van der Waals surface area contributed by atoms with Gasteiger partial charge in [-0.25, -0.2) is 4.79 Å². The van der Waals surface area contributed by atoms with Gasteiger partial charge in [-0.1, -0.05) is 42.5 Å². The summed E-state index contributed by atoms with van der Waals surface area (Å²) in [5.41, 5.74) is 2.12. The van der Waals surface area contributed by atoms with Crippen LogP contribution in [0.1, 0.15) is 42.3 Å². The van der Waals surface area contributed by atoms with Crippen molar-refractivity contribution in [2.24, 2.45) is 0 Å². The maximum Gasteiger partial charge on any atom is 0.408 e. The Kier molecular flexibility index (Phi) is 8.56. The van der Waals surface area contributed by atoms with Gasteiger partial charge in [0.05, 0.1) is 0 Å². The van der Waals surface area contributed by atoms with Crippen LogP contribution < -0.4 is 16.0 Å². The summed E-state index contributed by atoms with van der Waals surface area (Å²) in [6.45, 7) is 5.51. The molecule has 1 heterocycles. The van der Waals surface area contributed by atoms with Crippen LogP contribution >= 0.6 is 0 Å². The molecule has 3 aromatic rings. The first kappa shape index (κ1) is 25.4. The van der Waals surface area contributed by atoms with Gasteiger partial charge in [-0.2, -0.15) is 0 Å². The minimum absolute atomic E-state index is 0.221. The summed E-state index contributed by atoms with van der Waals surface area (Å²) >= 11 is 0. The Morgan fingerprint density at radius 1 is 0.914 bits per heavy atom. The smallest absolute Gasteiger partial charge is 0.408 e. The Labute approximate surface area is 205 Å². The second-order valence-corrected chi connectivity index (χ2v) is 9.00. The van der Waals surface area contributed by atoms with Gasteiger partial charge in [0.2, 0.25) is 5.91 Å². The number of pyridine rings is 1. The van der Waals surface area contributed by atoms with E-state index >= 15 is 0 Å². The summed E-state index contributed by atoms with van der Waals surface area (Å²) in [4.78, 5) is 41.7. The van der Waals surface area contributed by atoms with E-state index in [-0.39, 0.29) is 18.4 Å². The molecule has 1 atom stereocenters. The summed E-state index contributed by atoms with van der Waals surface area (Å²) in [7, 11) is 0. The van der Waals surface area contributed by atoms with Crippen molar-refractivity contribution >= 4 is 23.6 Å². The van der Waals surface area contributed by atoms with E-state index in [0.29, 0.717) is 17.7 Å². The van der Waals surface area contributed by atoms with Crippen LogP contribution in [0.15, 0.2) is 79.1 Å². The predicted molar refractivity (Wildman–Crippen MR) is 134 cm³/mol. The van der Waals surface area contributed by atoms with E-state index in [1.165, 1.54) is 0 Å². The third kappa shape index (κ3) is 8.58. The molecule has 0 fully saturated rings. The molecule has 0 aliphatic carbocycles. The molecule has 3 rings (SSSR count). The largest absolute Gasteiger partial charge is 0.444 e. The van der Waals surface area contributed by atoms with Crippen molar-refractivity contribution in [3.63, 3.8) is 0 Å². The maximum atomic E-state index is 13.0. The number of nitrogens with one attached hydrogen (secondary N) is 3. The van der Waals surface area contributed by atoms with Crippen LogP contribution in [0.25, 0.3) is 0 Å². The Balaban J connectivity index is 1.64. The van der Waals surface area contributed by atoms with Crippen LogP contribution in [0.2, 0.25) is 0 Å². The lowest BCUT2D eigenvalue weighted by Gasteiger charge is -2.23. The maximum absolute atomic E-state index is 13.0. The van der Waals surface area contributed by atoms with Crippen molar-refractivity contribution in [1.82, 2.24) is 15.6 Å². The average molecular weight is 475 g/mol. The fourth-order valence-corrected chi connectivity index (χ4v) is 3.29. The summed E-state index contributed by atoms with van der Waals surface area (Å²) in [5, 5.41) is 8.38. The van der Waals surface area contributed by atoms with Crippen LogP contribution in [-0.2, 0) is 22.5 Å². The molecule has 3 amide bonds. The summed E-state index contributed by atoms with van der Waals surface area (Å²) in [6, 6.07) is 19.1. The molecule has 8 heteroatoms. The molecule has 0 bridgehead atoms. The average Bonchev–Trinajstić information content (AvgIpc) is 2.82. The topological polar surface area (TPSA) is 109 Å². The van der Waals surface area contributed by atoms with E-state index in [9.17, 15) is 14.4 Å². The molecule has 0 saturated carbocycles. The van der Waals surface area contributed by atoms with Crippen LogP contribution in [0.5, 0.6) is 0 Å². The van der Waals surface area contributed by atoms with Crippen LogP contribution in [0.3, 0.4) is 0 Å². The molecule has 0 aliphatic heterocycles. The zero-order valence-corrected chi connectivity index (χ0v) is 20.1. The Hall–Kier alpha value is -4.20. The molecule has 182 valence electrons. The van der Waals surface area contributed by atoms with Crippen LogP contribution in [0, 0.1) is 0 Å². The minimum atomic E-state index is -0.818. The third-order valence-electron chi connectivity index (χ3n) is 4.88. The number of carbonyl (C=O) groups excluding carboxylic acids is 3. The SMILES string of the molecule is CC(C)(C)OC(=O)NC(Cc1ccccc1)C(=O)NCc1cccc(NC(=O)c2ccncc2)c1. The number of amides is 3. The number of nitrogens with zero attached hydrogens (tertiary/aromatic N) is 1. The zero-order chi connectivity index (χ0) is 25.3. The highest BCUT2D eigenvalue weighted by Gasteiger charge is 2.24. The first-order chi connectivity index (χ1) is 16.7. The molecule has 8 nitrogen and oxygen atoms in total. The van der Waals surface area contributed by atoms with Gasteiger partial charge in [-0.15, -0.1) is 0 Å². The summed E-state index contributed by atoms with van der Waals surface area (Å²) < 4.78 is 5.33. The van der Waals surface area contributed by atoms with Gasteiger partial charge in [0.1, 0.15) is 11.6 Å². The Bertz CT molecular complexity index is 1140. The lowest BCUT2D eigenvalue weighted by molar-refractivity contribution is -0.123. The molecule has 1 unspecified atom stereocenters. The molecule has 0 aliphatic rings. The number of aromatic nitrogens is 1.